The first-order valence-corrected chi connectivity index (χ1v) is 11.2. The minimum atomic E-state index is -0.244. The Labute approximate surface area is 178 Å². The van der Waals surface area contributed by atoms with Gasteiger partial charge in [-0.05, 0) is 98.7 Å². The highest BCUT2D eigenvalue weighted by molar-refractivity contribution is 5.87. The highest BCUT2D eigenvalue weighted by atomic mass is 19.1. The van der Waals surface area contributed by atoms with E-state index in [-0.39, 0.29) is 5.82 Å². The van der Waals surface area contributed by atoms with Gasteiger partial charge in [-0.2, -0.15) is 0 Å². The molecule has 0 spiro atoms. The number of nitrogens with zero attached hydrogens (tertiary/aromatic N) is 1. The molecule has 156 valence electrons. The predicted octanol–water partition coefficient (Wildman–Crippen LogP) is 8.01. The molecular formula is C27H30FNO. The van der Waals surface area contributed by atoms with E-state index in [4.69, 9.17) is 9.40 Å². The van der Waals surface area contributed by atoms with Crippen LogP contribution in [-0.4, -0.2) is 4.98 Å². The van der Waals surface area contributed by atoms with E-state index >= 15 is 0 Å². The third-order valence-corrected chi connectivity index (χ3v) is 7.29. The fourth-order valence-electron chi connectivity index (χ4n) is 5.96. The summed E-state index contributed by atoms with van der Waals surface area (Å²) in [5.74, 6) is 2.52. The van der Waals surface area contributed by atoms with Crippen LogP contribution >= 0.6 is 0 Å². The number of aromatic nitrogens is 1. The normalized spacial score (nSPS) is 25.3. The van der Waals surface area contributed by atoms with Crippen molar-refractivity contribution in [2.24, 2.45) is 5.92 Å². The molecule has 0 amide bonds. The molecule has 5 rings (SSSR count). The van der Waals surface area contributed by atoms with Gasteiger partial charge >= 0.3 is 0 Å². The molecule has 0 aliphatic heterocycles. The summed E-state index contributed by atoms with van der Waals surface area (Å²) in [6.45, 7) is 11.4. The van der Waals surface area contributed by atoms with Gasteiger partial charge in [-0.3, -0.25) is 0 Å². The first kappa shape index (κ1) is 19.5. The van der Waals surface area contributed by atoms with E-state index in [0.717, 1.165) is 16.7 Å². The average molecular weight is 404 g/mol. The van der Waals surface area contributed by atoms with Crippen molar-refractivity contribution in [2.75, 3.05) is 0 Å². The summed E-state index contributed by atoms with van der Waals surface area (Å²) < 4.78 is 19.8. The summed E-state index contributed by atoms with van der Waals surface area (Å²) in [5, 5.41) is 0. The highest BCUT2D eigenvalue weighted by Crippen LogP contribution is 2.55. The summed E-state index contributed by atoms with van der Waals surface area (Å²) in [4.78, 5) is 4.94. The van der Waals surface area contributed by atoms with Gasteiger partial charge in [0.05, 0.1) is 0 Å². The fraction of sp³-hybridized carbons (Fsp3) is 0.444. The van der Waals surface area contributed by atoms with Gasteiger partial charge in [-0.1, -0.05) is 25.5 Å². The topological polar surface area (TPSA) is 26.0 Å². The van der Waals surface area contributed by atoms with E-state index in [2.05, 4.69) is 40.7 Å². The van der Waals surface area contributed by atoms with Crippen molar-refractivity contribution in [1.29, 1.82) is 0 Å². The fourth-order valence-corrected chi connectivity index (χ4v) is 5.96. The van der Waals surface area contributed by atoms with Crippen molar-refractivity contribution in [1.82, 2.24) is 4.98 Å². The molecule has 2 aliphatic rings. The van der Waals surface area contributed by atoms with E-state index in [1.165, 1.54) is 53.7 Å². The second-order valence-electron chi connectivity index (χ2n) is 9.72. The van der Waals surface area contributed by atoms with Gasteiger partial charge in [0.15, 0.2) is 5.58 Å². The summed E-state index contributed by atoms with van der Waals surface area (Å²) in [6, 6.07) is 6.44. The Morgan fingerprint density at radius 2 is 1.80 bits per heavy atom. The monoisotopic (exact) mass is 403 g/mol. The minimum Gasteiger partial charge on any atom is -0.436 e. The molecule has 4 atom stereocenters. The number of halogens is 1. The average Bonchev–Trinajstić information content (AvgIpc) is 3.13. The van der Waals surface area contributed by atoms with Crippen molar-refractivity contribution in [3.63, 3.8) is 0 Å². The lowest BCUT2D eigenvalue weighted by molar-refractivity contribution is 0.332. The number of allylic oxidation sites excluding steroid dienone is 2. The molecule has 0 unspecified atom stereocenters. The van der Waals surface area contributed by atoms with Crippen molar-refractivity contribution in [2.45, 2.75) is 71.6 Å². The number of fused-ring (bicyclic) bond motifs is 2. The van der Waals surface area contributed by atoms with Crippen molar-refractivity contribution in [3.8, 4) is 11.5 Å². The SMILES string of the molecule is CC(C)=C[C@@H]1C[C@H](C)[C@H]2CC[C@H](C)c3c2c1c(C)c1nc(-c2ccc(F)cc2)oc31. The lowest BCUT2D eigenvalue weighted by Gasteiger charge is -2.42. The number of hydrogen-bond acceptors (Lipinski definition) is 2. The van der Waals surface area contributed by atoms with Gasteiger partial charge < -0.3 is 4.42 Å². The van der Waals surface area contributed by atoms with Crippen LogP contribution in [-0.2, 0) is 0 Å². The quantitative estimate of drug-likeness (QED) is 0.405. The van der Waals surface area contributed by atoms with Crippen LogP contribution in [0.15, 0.2) is 40.3 Å². The standard InChI is InChI=1S/C27H30FNO/c1-14(2)12-19-13-16(4)21-11-6-15(3)22-24(21)23(19)17(5)25-26(22)30-27(29-25)18-7-9-20(28)10-8-18/h7-10,12,15-16,19,21H,6,11,13H2,1-5H3/t15-,16-,19+,21+/m0/s1. The second kappa shape index (κ2) is 7.08. The molecule has 2 aliphatic carbocycles. The third kappa shape index (κ3) is 2.93. The number of aryl methyl sites for hydroxylation is 1. The van der Waals surface area contributed by atoms with Gasteiger partial charge in [-0.25, -0.2) is 9.37 Å². The number of benzene rings is 2. The minimum absolute atomic E-state index is 0.244. The summed E-state index contributed by atoms with van der Waals surface area (Å²) in [7, 11) is 0. The maximum atomic E-state index is 13.4. The van der Waals surface area contributed by atoms with Crippen LogP contribution in [0.5, 0.6) is 0 Å². The first-order valence-electron chi connectivity index (χ1n) is 11.2. The smallest absolute Gasteiger partial charge is 0.227 e. The Balaban J connectivity index is 1.82. The van der Waals surface area contributed by atoms with Gasteiger partial charge in [0, 0.05) is 17.0 Å². The van der Waals surface area contributed by atoms with E-state index in [0.29, 0.717) is 29.6 Å². The lowest BCUT2D eigenvalue weighted by atomic mass is 9.62. The van der Waals surface area contributed by atoms with Crippen LogP contribution in [0.2, 0.25) is 0 Å². The predicted molar refractivity (Wildman–Crippen MR) is 120 cm³/mol. The van der Waals surface area contributed by atoms with E-state index < -0.39 is 0 Å². The third-order valence-electron chi connectivity index (χ3n) is 7.29. The van der Waals surface area contributed by atoms with Gasteiger partial charge in [-0.15, -0.1) is 0 Å². The van der Waals surface area contributed by atoms with Crippen LogP contribution in [0.4, 0.5) is 4.39 Å². The van der Waals surface area contributed by atoms with E-state index in [1.807, 2.05) is 0 Å². The highest BCUT2D eigenvalue weighted by Gasteiger charge is 2.40. The van der Waals surface area contributed by atoms with Crippen LogP contribution in [0.1, 0.15) is 87.0 Å². The maximum Gasteiger partial charge on any atom is 0.227 e. The zero-order valence-corrected chi connectivity index (χ0v) is 18.6. The van der Waals surface area contributed by atoms with Crippen LogP contribution in [0.25, 0.3) is 22.6 Å². The van der Waals surface area contributed by atoms with Crippen LogP contribution in [0, 0.1) is 18.7 Å². The molecule has 0 radical (unpaired) electrons. The van der Waals surface area contributed by atoms with Gasteiger partial charge in [0.25, 0.3) is 0 Å². The van der Waals surface area contributed by atoms with Gasteiger partial charge in [0.2, 0.25) is 5.89 Å². The summed E-state index contributed by atoms with van der Waals surface area (Å²) >= 11 is 0. The molecule has 30 heavy (non-hydrogen) atoms. The molecule has 0 bridgehead atoms. The van der Waals surface area contributed by atoms with Gasteiger partial charge in [0.1, 0.15) is 11.3 Å². The molecular weight excluding hydrogens is 373 g/mol. The molecule has 0 fully saturated rings. The Morgan fingerprint density at radius 1 is 1.07 bits per heavy atom. The molecule has 2 nitrogen and oxygen atoms in total. The molecule has 2 aromatic carbocycles. The molecule has 3 heteroatoms. The zero-order chi connectivity index (χ0) is 21.2. The van der Waals surface area contributed by atoms with Crippen LogP contribution in [0.3, 0.4) is 0 Å². The van der Waals surface area contributed by atoms with E-state index in [9.17, 15) is 4.39 Å². The number of rotatable bonds is 2. The molecule has 0 saturated carbocycles. The molecule has 3 aromatic rings. The second-order valence-corrected chi connectivity index (χ2v) is 9.72. The zero-order valence-electron chi connectivity index (χ0n) is 18.6. The molecule has 1 aromatic heterocycles. The number of oxazole rings is 1. The summed E-state index contributed by atoms with van der Waals surface area (Å²) in [5.41, 5.74) is 9.80. The Morgan fingerprint density at radius 3 is 2.50 bits per heavy atom. The van der Waals surface area contributed by atoms with Crippen molar-refractivity contribution >= 4 is 11.1 Å². The van der Waals surface area contributed by atoms with Crippen molar-refractivity contribution in [3.05, 3.63) is 64.0 Å². The van der Waals surface area contributed by atoms with E-state index in [1.54, 1.807) is 17.7 Å². The van der Waals surface area contributed by atoms with Crippen LogP contribution < -0.4 is 0 Å². The van der Waals surface area contributed by atoms with Crippen molar-refractivity contribution < 1.29 is 8.81 Å². The molecule has 0 N–H and O–H groups in total. The molecule has 1 heterocycles. The maximum absolute atomic E-state index is 13.4. The number of hydrogen-bond donors (Lipinski definition) is 0. The lowest BCUT2D eigenvalue weighted by Crippen LogP contribution is -2.28. The molecule has 0 saturated heterocycles. The Hall–Kier alpha value is -2.42. The Bertz CT molecular complexity index is 1150. The largest absolute Gasteiger partial charge is 0.436 e. The first-order chi connectivity index (χ1) is 14.3. The summed E-state index contributed by atoms with van der Waals surface area (Å²) in [6.07, 6.45) is 6.10. The Kier molecular flexibility index (Phi) is 4.61.